The van der Waals surface area contributed by atoms with Gasteiger partial charge in [-0.25, -0.2) is 14.6 Å². The molecule has 1 N–H and O–H groups in total. The minimum absolute atomic E-state index is 0.244. The predicted molar refractivity (Wildman–Crippen MR) is 66.3 cm³/mol. The summed E-state index contributed by atoms with van der Waals surface area (Å²) in [5.74, 6) is 4.54. The van der Waals surface area contributed by atoms with Gasteiger partial charge >= 0.3 is 0 Å². The van der Waals surface area contributed by atoms with Gasteiger partial charge in [-0.05, 0) is 26.7 Å². The Morgan fingerprint density at radius 3 is 2.72 bits per heavy atom. The van der Waals surface area contributed by atoms with E-state index in [1.54, 1.807) is 0 Å². The molecule has 3 rings (SSSR count). The second kappa shape index (κ2) is 4.19. The predicted octanol–water partition coefficient (Wildman–Crippen LogP) is 1.69. The zero-order valence-corrected chi connectivity index (χ0v) is 11.0. The highest BCUT2D eigenvalue weighted by Gasteiger charge is 2.28. The number of hydrogen-bond acceptors (Lipinski definition) is 4. The fourth-order valence-electron chi connectivity index (χ4n) is 2.12. The number of H-pyrrole nitrogens is 1. The quantitative estimate of drug-likeness (QED) is 0.891. The Morgan fingerprint density at radius 1 is 1.33 bits per heavy atom. The summed E-state index contributed by atoms with van der Waals surface area (Å²) in [6.45, 7) is 6.78. The lowest BCUT2D eigenvalue weighted by Crippen LogP contribution is -2.10. The molecule has 1 fully saturated rings. The van der Waals surface area contributed by atoms with Crippen LogP contribution in [-0.2, 0) is 6.54 Å². The first-order valence-corrected chi connectivity index (χ1v) is 6.43. The molecule has 0 amide bonds. The van der Waals surface area contributed by atoms with E-state index in [0.717, 1.165) is 29.8 Å². The number of aromatic amines is 1. The van der Waals surface area contributed by atoms with Crippen molar-refractivity contribution in [2.75, 3.05) is 0 Å². The van der Waals surface area contributed by atoms with Crippen LogP contribution in [0.3, 0.4) is 0 Å². The molecule has 2 aromatic rings. The van der Waals surface area contributed by atoms with Crippen molar-refractivity contribution in [3.05, 3.63) is 23.3 Å². The van der Waals surface area contributed by atoms with E-state index in [1.807, 2.05) is 18.5 Å². The molecule has 0 saturated heterocycles. The van der Waals surface area contributed by atoms with E-state index in [-0.39, 0.29) is 5.92 Å². The summed E-state index contributed by atoms with van der Waals surface area (Å²) in [6.07, 6.45) is 2.48. The molecule has 1 atom stereocenters. The Hall–Kier alpha value is -1.72. The maximum Gasteiger partial charge on any atom is 0.155 e. The fourth-order valence-corrected chi connectivity index (χ4v) is 2.12. The van der Waals surface area contributed by atoms with Gasteiger partial charge in [0.2, 0.25) is 0 Å². The number of aryl methyl sites for hydroxylation is 2. The third-order valence-electron chi connectivity index (χ3n) is 3.33. The first-order chi connectivity index (χ1) is 8.63. The van der Waals surface area contributed by atoms with Crippen molar-refractivity contribution in [2.45, 2.75) is 52.0 Å². The van der Waals surface area contributed by atoms with Crippen LogP contribution in [0.2, 0.25) is 0 Å². The monoisotopic (exact) mass is 246 g/mol. The highest BCUT2D eigenvalue weighted by Crippen LogP contribution is 2.38. The van der Waals surface area contributed by atoms with Crippen molar-refractivity contribution in [1.82, 2.24) is 29.9 Å². The molecule has 0 aliphatic heterocycles. The molecule has 1 unspecified atom stereocenters. The maximum absolute atomic E-state index is 4.58. The van der Waals surface area contributed by atoms with E-state index in [1.165, 1.54) is 12.8 Å². The van der Waals surface area contributed by atoms with Gasteiger partial charge in [-0.15, -0.1) is 0 Å². The second-order valence-corrected chi connectivity index (χ2v) is 5.14. The van der Waals surface area contributed by atoms with Crippen molar-refractivity contribution >= 4 is 0 Å². The molecule has 18 heavy (non-hydrogen) atoms. The lowest BCUT2D eigenvalue weighted by Gasteiger charge is -2.08. The minimum atomic E-state index is 0.244. The van der Waals surface area contributed by atoms with Gasteiger partial charge in [0.1, 0.15) is 17.5 Å². The van der Waals surface area contributed by atoms with Crippen LogP contribution >= 0.6 is 0 Å². The average Bonchev–Trinajstić information content (AvgIpc) is 2.96. The standard InChI is InChI=1S/C12H18N6/c1-7(6-18-9(3)13-8(2)17-18)11-14-12(16-15-11)10-4-5-10/h7,10H,4-6H2,1-3H3,(H,14,15,16). The summed E-state index contributed by atoms with van der Waals surface area (Å²) in [6, 6.07) is 0. The molecular formula is C12H18N6. The van der Waals surface area contributed by atoms with E-state index in [0.29, 0.717) is 5.92 Å². The average molecular weight is 246 g/mol. The maximum atomic E-state index is 4.58. The van der Waals surface area contributed by atoms with Gasteiger partial charge in [0.15, 0.2) is 5.82 Å². The molecule has 6 heteroatoms. The summed E-state index contributed by atoms with van der Waals surface area (Å²) < 4.78 is 1.92. The van der Waals surface area contributed by atoms with Gasteiger partial charge in [0, 0.05) is 11.8 Å². The van der Waals surface area contributed by atoms with Crippen LogP contribution in [0.4, 0.5) is 0 Å². The molecule has 96 valence electrons. The molecule has 0 bridgehead atoms. The van der Waals surface area contributed by atoms with Gasteiger partial charge in [0.05, 0.1) is 6.54 Å². The van der Waals surface area contributed by atoms with Crippen LogP contribution in [0, 0.1) is 13.8 Å². The fraction of sp³-hybridized carbons (Fsp3) is 0.667. The Balaban J connectivity index is 1.73. The molecule has 1 saturated carbocycles. The first-order valence-electron chi connectivity index (χ1n) is 6.43. The molecule has 1 aliphatic carbocycles. The van der Waals surface area contributed by atoms with Crippen LogP contribution in [0.1, 0.15) is 54.9 Å². The minimum Gasteiger partial charge on any atom is -0.263 e. The van der Waals surface area contributed by atoms with Crippen molar-refractivity contribution in [3.8, 4) is 0 Å². The van der Waals surface area contributed by atoms with Crippen molar-refractivity contribution < 1.29 is 0 Å². The largest absolute Gasteiger partial charge is 0.263 e. The van der Waals surface area contributed by atoms with Crippen LogP contribution in [0.15, 0.2) is 0 Å². The smallest absolute Gasteiger partial charge is 0.155 e. The highest BCUT2D eigenvalue weighted by atomic mass is 15.3. The number of rotatable bonds is 4. The molecule has 2 aromatic heterocycles. The molecule has 0 spiro atoms. The van der Waals surface area contributed by atoms with Gasteiger partial charge in [-0.3, -0.25) is 5.10 Å². The van der Waals surface area contributed by atoms with Gasteiger partial charge in [-0.2, -0.15) is 10.2 Å². The highest BCUT2D eigenvalue weighted by molar-refractivity contribution is 5.07. The van der Waals surface area contributed by atoms with Crippen LogP contribution < -0.4 is 0 Å². The normalized spacial score (nSPS) is 17.1. The molecule has 6 nitrogen and oxygen atoms in total. The molecule has 0 radical (unpaired) electrons. The Bertz CT molecular complexity index is 551. The molecule has 0 aromatic carbocycles. The number of nitrogens with zero attached hydrogens (tertiary/aromatic N) is 5. The number of nitrogens with one attached hydrogen (secondary N) is 1. The van der Waals surface area contributed by atoms with Crippen molar-refractivity contribution in [3.63, 3.8) is 0 Å². The summed E-state index contributed by atoms with van der Waals surface area (Å²) in [5.41, 5.74) is 0. The Kier molecular flexibility index (Phi) is 2.65. The van der Waals surface area contributed by atoms with Crippen LogP contribution in [0.25, 0.3) is 0 Å². The van der Waals surface area contributed by atoms with Crippen molar-refractivity contribution in [1.29, 1.82) is 0 Å². The van der Waals surface area contributed by atoms with Gasteiger partial charge in [-0.1, -0.05) is 6.92 Å². The van der Waals surface area contributed by atoms with Gasteiger partial charge < -0.3 is 0 Å². The van der Waals surface area contributed by atoms with Crippen molar-refractivity contribution in [2.24, 2.45) is 0 Å². The van der Waals surface area contributed by atoms with Crippen LogP contribution in [0.5, 0.6) is 0 Å². The zero-order valence-electron chi connectivity index (χ0n) is 11.0. The van der Waals surface area contributed by atoms with E-state index in [4.69, 9.17) is 0 Å². The summed E-state index contributed by atoms with van der Waals surface area (Å²) >= 11 is 0. The Labute approximate surface area is 106 Å². The summed E-state index contributed by atoms with van der Waals surface area (Å²) in [7, 11) is 0. The topological polar surface area (TPSA) is 72.3 Å². The molecular weight excluding hydrogens is 228 g/mol. The third kappa shape index (κ3) is 2.14. The van der Waals surface area contributed by atoms with Gasteiger partial charge in [0.25, 0.3) is 0 Å². The molecule has 1 aliphatic rings. The van der Waals surface area contributed by atoms with Crippen LogP contribution in [-0.4, -0.2) is 29.9 Å². The van der Waals surface area contributed by atoms with E-state index in [9.17, 15) is 0 Å². The molecule has 2 heterocycles. The van der Waals surface area contributed by atoms with E-state index >= 15 is 0 Å². The third-order valence-corrected chi connectivity index (χ3v) is 3.33. The lowest BCUT2D eigenvalue weighted by atomic mass is 10.2. The Morgan fingerprint density at radius 2 is 2.11 bits per heavy atom. The number of hydrogen-bond donors (Lipinski definition) is 1. The van der Waals surface area contributed by atoms with E-state index < -0.39 is 0 Å². The van der Waals surface area contributed by atoms with E-state index in [2.05, 4.69) is 32.2 Å². The summed E-state index contributed by atoms with van der Waals surface area (Å²) in [4.78, 5) is 8.88. The first kappa shape index (κ1) is 11.4. The SMILES string of the molecule is Cc1nc(C)n(CC(C)c2n[nH]c(C3CC3)n2)n1. The summed E-state index contributed by atoms with van der Waals surface area (Å²) in [5, 5.41) is 11.7. The zero-order chi connectivity index (χ0) is 12.7. The number of aromatic nitrogens is 6. The lowest BCUT2D eigenvalue weighted by molar-refractivity contribution is 0.511. The second-order valence-electron chi connectivity index (χ2n) is 5.14.